The summed E-state index contributed by atoms with van der Waals surface area (Å²) >= 11 is 0. The number of nitrogens with zero attached hydrogens (tertiary/aromatic N) is 4. The summed E-state index contributed by atoms with van der Waals surface area (Å²) in [6, 6.07) is 37.4. The van der Waals surface area contributed by atoms with Crippen molar-refractivity contribution in [1.82, 2.24) is 29.9 Å². The first kappa shape index (κ1) is 21.3. The summed E-state index contributed by atoms with van der Waals surface area (Å²) in [6.07, 6.45) is 0. The summed E-state index contributed by atoms with van der Waals surface area (Å²) < 4.78 is 0. The summed E-state index contributed by atoms with van der Waals surface area (Å²) in [4.78, 5) is 27.4. The molecule has 2 aliphatic rings. The molecular weight excluding hydrogens is 492 g/mol. The van der Waals surface area contributed by atoms with E-state index in [1.165, 1.54) is 0 Å². The summed E-state index contributed by atoms with van der Waals surface area (Å²) in [5.74, 6) is 1.28. The van der Waals surface area contributed by atoms with Crippen LogP contribution in [0.2, 0.25) is 0 Å². The van der Waals surface area contributed by atoms with Gasteiger partial charge in [-0.3, -0.25) is 0 Å². The van der Waals surface area contributed by atoms with E-state index in [-0.39, 0.29) is 0 Å². The molecule has 0 atom stereocenters. The Hall–Kier alpha value is -5.62. The zero-order chi connectivity index (χ0) is 26.2. The van der Waals surface area contributed by atoms with Crippen molar-refractivity contribution >= 4 is 43.9 Å². The maximum absolute atomic E-state index is 5.13. The third kappa shape index (κ3) is 3.04. The van der Waals surface area contributed by atoms with Crippen LogP contribution in [0, 0.1) is 0 Å². The highest BCUT2D eigenvalue weighted by Gasteiger charge is 2.20. The molecule has 6 nitrogen and oxygen atoms in total. The maximum atomic E-state index is 5.13. The van der Waals surface area contributed by atoms with Gasteiger partial charge in [0.1, 0.15) is 11.3 Å². The number of aromatic amines is 2. The van der Waals surface area contributed by atoms with Crippen LogP contribution in [0.1, 0.15) is 0 Å². The molecule has 4 aromatic carbocycles. The van der Waals surface area contributed by atoms with Crippen LogP contribution in [0.5, 0.6) is 0 Å². The van der Waals surface area contributed by atoms with Crippen molar-refractivity contribution in [2.45, 2.75) is 0 Å². The van der Waals surface area contributed by atoms with Crippen molar-refractivity contribution in [2.75, 3.05) is 0 Å². The Morgan fingerprint density at radius 2 is 0.775 bits per heavy atom. The number of aromatic nitrogens is 6. The van der Waals surface area contributed by atoms with Crippen LogP contribution in [0.3, 0.4) is 0 Å². The average Bonchev–Trinajstić information content (AvgIpc) is 3.73. The van der Waals surface area contributed by atoms with E-state index in [1.54, 1.807) is 0 Å². The number of rotatable bonds is 0. The second kappa shape index (κ2) is 7.94. The molecule has 0 amide bonds. The molecule has 3 aromatic heterocycles. The van der Waals surface area contributed by atoms with Gasteiger partial charge in [-0.15, -0.1) is 0 Å². The van der Waals surface area contributed by atoms with Crippen molar-refractivity contribution in [3.63, 3.8) is 0 Å². The summed E-state index contributed by atoms with van der Waals surface area (Å²) in [5, 5.41) is 4.24. The van der Waals surface area contributed by atoms with Crippen LogP contribution in [-0.2, 0) is 0 Å². The van der Waals surface area contributed by atoms with E-state index in [1.807, 2.05) is 24.3 Å². The lowest BCUT2D eigenvalue weighted by molar-refractivity contribution is 1.22. The highest BCUT2D eigenvalue weighted by Crippen LogP contribution is 2.38. The molecule has 9 rings (SSSR count). The number of H-pyrrole nitrogens is 2. The lowest BCUT2D eigenvalue weighted by atomic mass is 10.0. The largest absolute Gasteiger partial charge is 0.339 e. The van der Waals surface area contributed by atoms with E-state index >= 15 is 0 Å². The smallest absolute Gasteiger partial charge is 0.164 e. The zero-order valence-corrected chi connectivity index (χ0v) is 21.2. The van der Waals surface area contributed by atoms with Crippen LogP contribution < -0.4 is 0 Å². The first-order chi connectivity index (χ1) is 19.8. The van der Waals surface area contributed by atoms with Gasteiger partial charge in [0.2, 0.25) is 0 Å². The third-order valence-corrected chi connectivity index (χ3v) is 7.79. The minimum atomic E-state index is 0.641. The van der Waals surface area contributed by atoms with Gasteiger partial charge in [0.25, 0.3) is 0 Å². The Balaban J connectivity index is 1.51. The first-order valence-electron chi connectivity index (χ1n) is 13.3. The predicted molar refractivity (Wildman–Crippen MR) is 160 cm³/mol. The lowest BCUT2D eigenvalue weighted by Crippen LogP contribution is -1.81. The summed E-state index contributed by atoms with van der Waals surface area (Å²) in [7, 11) is 0. The Kier molecular flexibility index (Phi) is 4.24. The molecule has 8 bridgehead atoms. The van der Waals surface area contributed by atoms with Crippen molar-refractivity contribution in [2.24, 2.45) is 0 Å². The number of fused-ring (bicyclic) bond motifs is 20. The fourth-order valence-electron chi connectivity index (χ4n) is 5.93. The van der Waals surface area contributed by atoms with Gasteiger partial charge in [0.15, 0.2) is 11.6 Å². The van der Waals surface area contributed by atoms with Gasteiger partial charge in [-0.25, -0.2) is 19.9 Å². The molecule has 6 heteroatoms. The van der Waals surface area contributed by atoms with Gasteiger partial charge in [-0.2, -0.15) is 0 Å². The molecule has 186 valence electrons. The zero-order valence-electron chi connectivity index (χ0n) is 21.2. The van der Waals surface area contributed by atoms with Crippen molar-refractivity contribution < 1.29 is 0 Å². The van der Waals surface area contributed by atoms with Crippen LogP contribution in [0.25, 0.3) is 89.2 Å². The Morgan fingerprint density at radius 1 is 0.375 bits per heavy atom. The molecule has 7 aromatic rings. The van der Waals surface area contributed by atoms with E-state index in [0.717, 1.165) is 77.5 Å². The minimum absolute atomic E-state index is 0.641. The molecule has 0 spiro atoms. The Bertz CT molecular complexity index is 2020. The Morgan fingerprint density at radius 3 is 1.25 bits per heavy atom. The van der Waals surface area contributed by atoms with Gasteiger partial charge < -0.3 is 9.97 Å². The molecule has 0 saturated carbocycles. The van der Waals surface area contributed by atoms with Gasteiger partial charge in [-0.1, -0.05) is 97.1 Å². The highest BCUT2D eigenvalue weighted by atomic mass is 15.0. The summed E-state index contributed by atoms with van der Waals surface area (Å²) in [6.45, 7) is 0. The van der Waals surface area contributed by atoms with E-state index in [0.29, 0.717) is 11.6 Å². The van der Waals surface area contributed by atoms with Crippen LogP contribution in [0.4, 0.5) is 0 Å². The topological polar surface area (TPSA) is 83.1 Å². The predicted octanol–water partition coefficient (Wildman–Crippen LogP) is 8.08. The SMILES string of the molecule is c1ccc2c(c1)-c1cc3[nH]c(nc4nc(nc5[nH]c(cc-2n1)c1ccccc51)-c1ccccc1-4)c1ccccc31. The fraction of sp³-hybridized carbons (Fsp3) is 0. The van der Waals surface area contributed by atoms with E-state index < -0.39 is 0 Å². The minimum Gasteiger partial charge on any atom is -0.339 e. The standard InChI is InChI=1S/C34H20N6/c1-2-10-20-19(9-1)27-17-29-21-11-3-5-13-23(21)31(36-29)38-33-25-15-7-8-16-26(25)34(40-33)39-32-24-14-6-4-12-22(24)30(37-32)18-28(20)35-27/h1-18H,(H2,36,37,38,39,40). The van der Waals surface area contributed by atoms with Gasteiger partial charge >= 0.3 is 0 Å². The molecule has 0 unspecified atom stereocenters. The second-order valence-corrected chi connectivity index (χ2v) is 10.1. The van der Waals surface area contributed by atoms with Crippen LogP contribution in [-0.4, -0.2) is 29.9 Å². The quantitative estimate of drug-likeness (QED) is 0.215. The van der Waals surface area contributed by atoms with Crippen molar-refractivity contribution in [3.8, 4) is 45.3 Å². The Labute approximate surface area is 228 Å². The fourth-order valence-corrected chi connectivity index (χ4v) is 5.93. The van der Waals surface area contributed by atoms with Crippen molar-refractivity contribution in [3.05, 3.63) is 109 Å². The number of benzene rings is 4. The van der Waals surface area contributed by atoms with E-state index in [4.69, 9.17) is 19.9 Å². The summed E-state index contributed by atoms with van der Waals surface area (Å²) in [5.41, 5.74) is 9.40. The lowest BCUT2D eigenvalue weighted by Gasteiger charge is -1.97. The molecule has 40 heavy (non-hydrogen) atoms. The van der Waals surface area contributed by atoms with Gasteiger partial charge in [-0.05, 0) is 12.1 Å². The first-order valence-corrected chi connectivity index (χ1v) is 13.3. The van der Waals surface area contributed by atoms with Crippen molar-refractivity contribution in [1.29, 1.82) is 0 Å². The van der Waals surface area contributed by atoms with E-state index in [9.17, 15) is 0 Å². The highest BCUT2D eigenvalue weighted by molar-refractivity contribution is 6.08. The number of nitrogens with one attached hydrogen (secondary N) is 2. The average molecular weight is 513 g/mol. The van der Waals surface area contributed by atoms with E-state index in [2.05, 4.69) is 94.9 Å². The third-order valence-electron chi connectivity index (χ3n) is 7.79. The molecule has 0 radical (unpaired) electrons. The molecule has 0 fully saturated rings. The number of hydrogen-bond acceptors (Lipinski definition) is 4. The molecule has 2 N–H and O–H groups in total. The number of hydrogen-bond donors (Lipinski definition) is 2. The molecule has 0 saturated heterocycles. The molecule has 5 heterocycles. The molecule has 2 aliphatic heterocycles. The second-order valence-electron chi connectivity index (χ2n) is 10.1. The molecule has 0 aliphatic carbocycles. The van der Waals surface area contributed by atoms with Gasteiger partial charge in [0.05, 0.1) is 11.4 Å². The maximum Gasteiger partial charge on any atom is 0.164 e. The molecular formula is C34H20N6. The van der Waals surface area contributed by atoms with Gasteiger partial charge in [0, 0.05) is 54.8 Å². The van der Waals surface area contributed by atoms with Crippen LogP contribution >= 0.6 is 0 Å². The normalized spacial score (nSPS) is 12.0. The van der Waals surface area contributed by atoms with Crippen LogP contribution in [0.15, 0.2) is 109 Å². The monoisotopic (exact) mass is 512 g/mol.